The third kappa shape index (κ3) is 3.49. The fourth-order valence-electron chi connectivity index (χ4n) is 2.43. The fraction of sp³-hybridized carbons (Fsp3) is 0.167. The van der Waals surface area contributed by atoms with Crippen LogP contribution in [0.3, 0.4) is 0 Å². The van der Waals surface area contributed by atoms with Gasteiger partial charge in [-0.05, 0) is 17.7 Å². The van der Waals surface area contributed by atoms with Crippen LogP contribution in [0.1, 0.15) is 11.7 Å². The highest BCUT2D eigenvalue weighted by atomic mass is 16.3. The number of carbonyl (C=O) groups excluding carboxylic acids is 1. The number of nitrogens with one attached hydrogen (secondary N) is 1. The van der Waals surface area contributed by atoms with Crippen LogP contribution in [0.4, 0.5) is 0 Å². The van der Waals surface area contributed by atoms with E-state index >= 15 is 0 Å². The Morgan fingerprint density at radius 3 is 2.62 bits per heavy atom. The van der Waals surface area contributed by atoms with Crippen LogP contribution in [-0.4, -0.2) is 27.1 Å². The van der Waals surface area contributed by atoms with Gasteiger partial charge in [-0.2, -0.15) is 0 Å². The zero-order chi connectivity index (χ0) is 16.9. The number of amides is 1. The van der Waals surface area contributed by atoms with E-state index in [1.807, 2.05) is 18.2 Å². The van der Waals surface area contributed by atoms with Crippen molar-refractivity contribution in [3.8, 4) is 0 Å². The Balaban J connectivity index is 1.65. The van der Waals surface area contributed by atoms with E-state index in [4.69, 9.17) is 0 Å². The molecular formula is C18H17N3O3. The maximum absolute atomic E-state index is 12.3. The van der Waals surface area contributed by atoms with Crippen molar-refractivity contribution in [3.05, 3.63) is 76.8 Å². The standard InChI is InChI=1S/C18H17N3O3/c22-16(13-6-2-1-3-7-13)10-19-17(23)11-21-12-20-15-9-5-4-8-14(15)18(21)24/h1-9,12,16,22H,10-11H2,(H,19,23)/t16-/m0/s1. The number of fused-ring (bicyclic) bond motifs is 1. The van der Waals surface area contributed by atoms with Crippen molar-refractivity contribution >= 4 is 16.8 Å². The summed E-state index contributed by atoms with van der Waals surface area (Å²) in [7, 11) is 0. The first-order valence-corrected chi connectivity index (χ1v) is 7.59. The van der Waals surface area contributed by atoms with Gasteiger partial charge in [0.05, 0.1) is 23.3 Å². The maximum atomic E-state index is 12.3. The van der Waals surface area contributed by atoms with Crippen molar-refractivity contribution in [1.82, 2.24) is 14.9 Å². The average molecular weight is 323 g/mol. The van der Waals surface area contributed by atoms with Crippen molar-refractivity contribution in [2.75, 3.05) is 6.54 Å². The topological polar surface area (TPSA) is 84.2 Å². The molecule has 24 heavy (non-hydrogen) atoms. The first-order chi connectivity index (χ1) is 11.6. The molecule has 0 saturated carbocycles. The summed E-state index contributed by atoms with van der Waals surface area (Å²) in [4.78, 5) is 28.5. The third-order valence-corrected chi connectivity index (χ3v) is 3.72. The number of rotatable bonds is 5. The summed E-state index contributed by atoms with van der Waals surface area (Å²) in [5.41, 5.74) is 1.06. The van der Waals surface area contributed by atoms with Crippen LogP contribution in [0.25, 0.3) is 10.9 Å². The van der Waals surface area contributed by atoms with Gasteiger partial charge in [0.1, 0.15) is 6.54 Å². The smallest absolute Gasteiger partial charge is 0.261 e. The van der Waals surface area contributed by atoms with Crippen molar-refractivity contribution in [2.45, 2.75) is 12.6 Å². The SMILES string of the molecule is O=C(Cn1cnc2ccccc2c1=O)NC[C@H](O)c1ccccc1. The number of hydrogen-bond donors (Lipinski definition) is 2. The van der Waals surface area contributed by atoms with E-state index in [1.165, 1.54) is 10.9 Å². The Hall–Kier alpha value is -2.99. The normalized spacial score (nSPS) is 12.0. The van der Waals surface area contributed by atoms with Gasteiger partial charge in [0.15, 0.2) is 0 Å². The molecule has 1 heterocycles. The van der Waals surface area contributed by atoms with Crippen LogP contribution in [0.5, 0.6) is 0 Å². The molecule has 1 aromatic heterocycles. The number of hydrogen-bond acceptors (Lipinski definition) is 4. The number of benzene rings is 2. The van der Waals surface area contributed by atoms with Crippen LogP contribution in [0.15, 0.2) is 65.7 Å². The Morgan fingerprint density at radius 1 is 1.12 bits per heavy atom. The second-order valence-electron chi connectivity index (χ2n) is 5.43. The third-order valence-electron chi connectivity index (χ3n) is 3.72. The molecule has 6 heteroatoms. The van der Waals surface area contributed by atoms with Crippen LogP contribution in [0.2, 0.25) is 0 Å². The van der Waals surface area contributed by atoms with Gasteiger partial charge in [0, 0.05) is 6.54 Å². The summed E-state index contributed by atoms with van der Waals surface area (Å²) in [5, 5.41) is 13.1. The Bertz CT molecular complexity index is 906. The van der Waals surface area contributed by atoms with E-state index in [9.17, 15) is 14.7 Å². The number of aromatic nitrogens is 2. The van der Waals surface area contributed by atoms with Crippen molar-refractivity contribution in [2.24, 2.45) is 0 Å². The van der Waals surface area contributed by atoms with Gasteiger partial charge in [-0.25, -0.2) is 4.98 Å². The predicted octanol–water partition coefficient (Wildman–Crippen LogP) is 1.25. The molecule has 2 N–H and O–H groups in total. The molecule has 0 aliphatic carbocycles. The van der Waals surface area contributed by atoms with Gasteiger partial charge in [0.25, 0.3) is 5.56 Å². The number of carbonyl (C=O) groups is 1. The predicted molar refractivity (Wildman–Crippen MR) is 90.4 cm³/mol. The number of aliphatic hydroxyl groups is 1. The minimum Gasteiger partial charge on any atom is -0.387 e. The highest BCUT2D eigenvalue weighted by Crippen LogP contribution is 2.10. The van der Waals surface area contributed by atoms with E-state index in [-0.39, 0.29) is 24.6 Å². The lowest BCUT2D eigenvalue weighted by atomic mass is 10.1. The van der Waals surface area contributed by atoms with E-state index in [0.717, 1.165) is 5.56 Å². The lowest BCUT2D eigenvalue weighted by Crippen LogP contribution is -2.34. The molecule has 0 aliphatic rings. The molecule has 0 spiro atoms. The summed E-state index contributed by atoms with van der Waals surface area (Å²) >= 11 is 0. The second-order valence-corrected chi connectivity index (χ2v) is 5.43. The molecule has 1 amide bonds. The quantitative estimate of drug-likeness (QED) is 0.740. The lowest BCUT2D eigenvalue weighted by molar-refractivity contribution is -0.122. The zero-order valence-corrected chi connectivity index (χ0v) is 12.9. The van der Waals surface area contributed by atoms with Gasteiger partial charge < -0.3 is 10.4 Å². The van der Waals surface area contributed by atoms with E-state index in [0.29, 0.717) is 10.9 Å². The Morgan fingerprint density at radius 2 is 1.83 bits per heavy atom. The van der Waals surface area contributed by atoms with E-state index in [2.05, 4.69) is 10.3 Å². The molecular weight excluding hydrogens is 306 g/mol. The van der Waals surface area contributed by atoms with Gasteiger partial charge >= 0.3 is 0 Å². The highest BCUT2D eigenvalue weighted by Gasteiger charge is 2.11. The van der Waals surface area contributed by atoms with Gasteiger partial charge in [-0.15, -0.1) is 0 Å². The molecule has 122 valence electrons. The average Bonchev–Trinajstić information content (AvgIpc) is 2.63. The molecule has 1 atom stereocenters. The van der Waals surface area contributed by atoms with Crippen LogP contribution in [0, 0.1) is 0 Å². The zero-order valence-electron chi connectivity index (χ0n) is 12.9. The van der Waals surface area contributed by atoms with Gasteiger partial charge in [0.2, 0.25) is 5.91 Å². The molecule has 6 nitrogen and oxygen atoms in total. The van der Waals surface area contributed by atoms with Crippen molar-refractivity contribution < 1.29 is 9.90 Å². The van der Waals surface area contributed by atoms with Crippen molar-refractivity contribution in [3.63, 3.8) is 0 Å². The number of aliphatic hydroxyl groups excluding tert-OH is 1. The Kier molecular flexibility index (Phi) is 4.67. The second kappa shape index (κ2) is 7.06. The molecule has 2 aromatic carbocycles. The minimum atomic E-state index is -0.790. The first-order valence-electron chi connectivity index (χ1n) is 7.59. The number of nitrogens with zero attached hydrogens (tertiary/aromatic N) is 2. The molecule has 0 aliphatic heterocycles. The molecule has 3 aromatic rings. The summed E-state index contributed by atoms with van der Waals surface area (Å²) in [6.45, 7) is -0.0587. The minimum absolute atomic E-state index is 0.0820. The summed E-state index contributed by atoms with van der Waals surface area (Å²) in [5.74, 6) is -0.357. The monoisotopic (exact) mass is 323 g/mol. The summed E-state index contributed by atoms with van der Waals surface area (Å²) in [6.07, 6.45) is 0.569. The Labute approximate surface area is 138 Å². The van der Waals surface area contributed by atoms with E-state index in [1.54, 1.807) is 36.4 Å². The van der Waals surface area contributed by atoms with Crippen LogP contribution < -0.4 is 10.9 Å². The van der Waals surface area contributed by atoms with Crippen molar-refractivity contribution in [1.29, 1.82) is 0 Å². The number of para-hydroxylation sites is 1. The summed E-state index contributed by atoms with van der Waals surface area (Å²) in [6, 6.07) is 16.1. The first kappa shape index (κ1) is 15.9. The maximum Gasteiger partial charge on any atom is 0.261 e. The molecule has 3 rings (SSSR count). The largest absolute Gasteiger partial charge is 0.387 e. The lowest BCUT2D eigenvalue weighted by Gasteiger charge is -2.12. The van der Waals surface area contributed by atoms with Crippen LogP contribution in [-0.2, 0) is 11.3 Å². The van der Waals surface area contributed by atoms with Crippen LogP contribution >= 0.6 is 0 Å². The fourth-order valence-corrected chi connectivity index (χ4v) is 2.43. The summed E-state index contributed by atoms with van der Waals surface area (Å²) < 4.78 is 1.26. The van der Waals surface area contributed by atoms with E-state index < -0.39 is 6.10 Å². The highest BCUT2D eigenvalue weighted by molar-refractivity contribution is 5.78. The molecule has 0 fully saturated rings. The van der Waals surface area contributed by atoms with Gasteiger partial charge in [-0.1, -0.05) is 42.5 Å². The molecule has 0 unspecified atom stereocenters. The van der Waals surface area contributed by atoms with Gasteiger partial charge in [-0.3, -0.25) is 14.2 Å². The molecule has 0 saturated heterocycles. The molecule has 0 radical (unpaired) electrons. The molecule has 0 bridgehead atoms.